The first kappa shape index (κ1) is 13.2. The van der Waals surface area contributed by atoms with E-state index in [-0.39, 0.29) is 0 Å². The third kappa shape index (κ3) is 2.57. The van der Waals surface area contributed by atoms with Crippen molar-refractivity contribution in [3.05, 3.63) is 12.3 Å². The van der Waals surface area contributed by atoms with Gasteiger partial charge in [-0.25, -0.2) is 0 Å². The Kier molecular flexibility index (Phi) is 3.41. The maximum atomic E-state index is 4.89. The number of nitrogens with zero attached hydrogens (tertiary/aromatic N) is 4. The van der Waals surface area contributed by atoms with Crippen LogP contribution in [0.25, 0.3) is 10.7 Å². The van der Waals surface area contributed by atoms with Gasteiger partial charge in [-0.15, -0.1) is 10.2 Å². The van der Waals surface area contributed by atoms with Crippen LogP contribution in [0.3, 0.4) is 0 Å². The van der Waals surface area contributed by atoms with Gasteiger partial charge in [0.1, 0.15) is 12.0 Å². The van der Waals surface area contributed by atoms with Crippen LogP contribution in [-0.4, -0.2) is 28.4 Å². The highest BCUT2D eigenvalue weighted by Gasteiger charge is 2.37. The summed E-state index contributed by atoms with van der Waals surface area (Å²) in [7, 11) is 0. The fourth-order valence-corrected chi connectivity index (χ4v) is 4.68. The van der Waals surface area contributed by atoms with Crippen LogP contribution in [0.1, 0.15) is 44.9 Å². The van der Waals surface area contributed by atoms with E-state index in [4.69, 9.17) is 4.52 Å². The van der Waals surface area contributed by atoms with Crippen molar-refractivity contribution in [2.45, 2.75) is 44.9 Å². The molecule has 1 spiro atoms. The van der Waals surface area contributed by atoms with Gasteiger partial charge in [0.15, 0.2) is 5.01 Å². The predicted octanol–water partition coefficient (Wildman–Crippen LogP) is 3.74. The molecule has 112 valence electrons. The summed E-state index contributed by atoms with van der Waals surface area (Å²) in [6.07, 6.45) is 11.2. The molecule has 2 fully saturated rings. The topological polar surface area (TPSA) is 55.1 Å². The van der Waals surface area contributed by atoms with Gasteiger partial charge >= 0.3 is 0 Å². The van der Waals surface area contributed by atoms with Gasteiger partial charge in [-0.3, -0.25) is 0 Å². The molecule has 2 aromatic heterocycles. The lowest BCUT2D eigenvalue weighted by Gasteiger charge is -2.45. The van der Waals surface area contributed by atoms with Gasteiger partial charge in [-0.2, -0.15) is 0 Å². The third-order valence-electron chi connectivity index (χ3n) is 4.92. The molecular formula is C15H20N4OS. The molecule has 1 aliphatic carbocycles. The lowest BCUT2D eigenvalue weighted by molar-refractivity contribution is 0.156. The number of rotatable bonds is 2. The molecule has 0 aromatic carbocycles. The fraction of sp³-hybridized carbons (Fsp3) is 0.667. The van der Waals surface area contributed by atoms with Crippen LogP contribution in [0.4, 0.5) is 5.13 Å². The summed E-state index contributed by atoms with van der Waals surface area (Å²) in [5.41, 5.74) is 1.32. The van der Waals surface area contributed by atoms with Gasteiger partial charge in [0.2, 0.25) is 5.13 Å². The Morgan fingerprint density at radius 1 is 1.10 bits per heavy atom. The lowest BCUT2D eigenvalue weighted by atomic mass is 9.69. The maximum Gasteiger partial charge on any atom is 0.208 e. The van der Waals surface area contributed by atoms with Gasteiger partial charge in [0, 0.05) is 19.2 Å². The molecule has 1 saturated heterocycles. The monoisotopic (exact) mass is 304 g/mol. The molecule has 4 rings (SSSR count). The van der Waals surface area contributed by atoms with Crippen molar-refractivity contribution in [2.75, 3.05) is 18.0 Å². The quantitative estimate of drug-likeness (QED) is 0.846. The van der Waals surface area contributed by atoms with E-state index < -0.39 is 0 Å². The van der Waals surface area contributed by atoms with Crippen molar-refractivity contribution in [3.8, 4) is 10.7 Å². The number of piperidine rings is 1. The summed E-state index contributed by atoms with van der Waals surface area (Å²) in [6, 6.07) is 1.84. The Bertz CT molecular complexity index is 583. The second-order valence-electron chi connectivity index (χ2n) is 6.36. The summed E-state index contributed by atoms with van der Waals surface area (Å²) in [5.74, 6) is 0. The van der Waals surface area contributed by atoms with Gasteiger partial charge in [-0.1, -0.05) is 35.8 Å². The molecule has 0 unspecified atom stereocenters. The largest absolute Gasteiger partial charge is 0.364 e. The first-order chi connectivity index (χ1) is 10.3. The maximum absolute atomic E-state index is 4.89. The summed E-state index contributed by atoms with van der Waals surface area (Å²) in [4.78, 5) is 2.44. The molecular weight excluding hydrogens is 284 g/mol. The molecule has 5 nitrogen and oxygen atoms in total. The molecule has 0 radical (unpaired) electrons. The highest BCUT2D eigenvalue weighted by molar-refractivity contribution is 7.18. The Morgan fingerprint density at radius 3 is 2.76 bits per heavy atom. The van der Waals surface area contributed by atoms with Gasteiger partial charge in [0.05, 0.1) is 0 Å². The van der Waals surface area contributed by atoms with Crippen molar-refractivity contribution in [1.29, 1.82) is 0 Å². The van der Waals surface area contributed by atoms with Gasteiger partial charge in [0.25, 0.3) is 0 Å². The minimum atomic E-state index is 0.538. The molecule has 0 bridgehead atoms. The van der Waals surface area contributed by atoms with E-state index in [0.717, 1.165) is 28.9 Å². The van der Waals surface area contributed by atoms with Crippen LogP contribution in [0.15, 0.2) is 16.9 Å². The van der Waals surface area contributed by atoms with E-state index in [1.165, 1.54) is 44.9 Å². The fourth-order valence-electron chi connectivity index (χ4n) is 3.85. The van der Waals surface area contributed by atoms with E-state index >= 15 is 0 Å². The van der Waals surface area contributed by atoms with E-state index in [9.17, 15) is 0 Å². The van der Waals surface area contributed by atoms with E-state index in [1.54, 1.807) is 17.6 Å². The number of aromatic nitrogens is 3. The third-order valence-corrected chi connectivity index (χ3v) is 5.92. The van der Waals surface area contributed by atoms with Crippen molar-refractivity contribution < 1.29 is 4.52 Å². The highest BCUT2D eigenvalue weighted by Crippen LogP contribution is 2.44. The SMILES string of the molecule is c1cc(-c2nnc(N3CCCC4(CCCCC4)C3)s2)no1. The molecule has 1 saturated carbocycles. The molecule has 21 heavy (non-hydrogen) atoms. The summed E-state index contributed by atoms with van der Waals surface area (Å²) in [5, 5.41) is 14.5. The Hall–Kier alpha value is -1.43. The zero-order valence-corrected chi connectivity index (χ0v) is 12.9. The number of hydrogen-bond acceptors (Lipinski definition) is 6. The highest BCUT2D eigenvalue weighted by atomic mass is 32.1. The van der Waals surface area contributed by atoms with Crippen LogP contribution < -0.4 is 4.90 Å². The van der Waals surface area contributed by atoms with Crippen molar-refractivity contribution >= 4 is 16.5 Å². The second kappa shape index (κ2) is 5.40. The van der Waals surface area contributed by atoms with E-state index in [0.29, 0.717) is 5.41 Å². The minimum absolute atomic E-state index is 0.538. The molecule has 0 atom stereocenters. The van der Waals surface area contributed by atoms with Crippen LogP contribution in [0.5, 0.6) is 0 Å². The first-order valence-electron chi connectivity index (χ1n) is 7.84. The summed E-state index contributed by atoms with van der Waals surface area (Å²) < 4.78 is 4.89. The average Bonchev–Trinajstić information content (AvgIpc) is 3.19. The Balaban J connectivity index is 1.53. The van der Waals surface area contributed by atoms with Gasteiger partial charge in [-0.05, 0) is 31.1 Å². The zero-order chi connectivity index (χ0) is 14.1. The van der Waals surface area contributed by atoms with Crippen molar-refractivity contribution in [2.24, 2.45) is 5.41 Å². The van der Waals surface area contributed by atoms with E-state index in [1.807, 2.05) is 6.07 Å². The van der Waals surface area contributed by atoms with Crippen molar-refractivity contribution in [1.82, 2.24) is 15.4 Å². The summed E-state index contributed by atoms with van der Waals surface area (Å²) >= 11 is 1.63. The molecule has 3 heterocycles. The summed E-state index contributed by atoms with van der Waals surface area (Å²) in [6.45, 7) is 2.26. The van der Waals surface area contributed by atoms with Crippen LogP contribution >= 0.6 is 11.3 Å². The molecule has 1 aliphatic heterocycles. The standard InChI is InChI=1S/C15H20N4OS/c1-2-6-15(7-3-1)8-4-9-19(11-15)14-17-16-13(21-14)12-5-10-20-18-12/h5,10H,1-4,6-9,11H2. The first-order valence-corrected chi connectivity index (χ1v) is 8.66. The second-order valence-corrected chi connectivity index (χ2v) is 7.32. The minimum Gasteiger partial charge on any atom is -0.364 e. The van der Waals surface area contributed by atoms with Crippen LogP contribution in [0.2, 0.25) is 0 Å². The van der Waals surface area contributed by atoms with Crippen molar-refractivity contribution in [3.63, 3.8) is 0 Å². The van der Waals surface area contributed by atoms with Gasteiger partial charge < -0.3 is 9.42 Å². The molecule has 2 aromatic rings. The number of hydrogen-bond donors (Lipinski definition) is 0. The Morgan fingerprint density at radius 2 is 1.95 bits per heavy atom. The molecule has 6 heteroatoms. The smallest absolute Gasteiger partial charge is 0.208 e. The normalized spacial score (nSPS) is 21.8. The molecule has 2 aliphatic rings. The van der Waals surface area contributed by atoms with E-state index in [2.05, 4.69) is 20.3 Å². The van der Waals surface area contributed by atoms with Crippen LogP contribution in [0, 0.1) is 5.41 Å². The predicted molar refractivity (Wildman–Crippen MR) is 82.4 cm³/mol. The molecule has 0 amide bonds. The van der Waals surface area contributed by atoms with Crippen LogP contribution in [-0.2, 0) is 0 Å². The lowest BCUT2D eigenvalue weighted by Crippen LogP contribution is -2.44. The Labute approximate surface area is 128 Å². The zero-order valence-electron chi connectivity index (χ0n) is 12.1. The number of anilines is 1. The average molecular weight is 304 g/mol. The molecule has 0 N–H and O–H groups in total.